The van der Waals surface area contributed by atoms with Crippen molar-refractivity contribution in [2.24, 2.45) is 0 Å². The highest BCUT2D eigenvalue weighted by atomic mass is 16.5. The molecule has 22 heavy (non-hydrogen) atoms. The fourth-order valence-electron chi connectivity index (χ4n) is 2.78. The minimum Gasteiger partial charge on any atom is -0.508 e. The Hall–Kier alpha value is -1.88. The Labute approximate surface area is 130 Å². The lowest BCUT2D eigenvalue weighted by atomic mass is 10.1. The molecule has 116 valence electrons. The molecule has 1 fully saturated rings. The molecule has 3 rings (SSSR count). The maximum Gasteiger partial charge on any atom is 0.115 e. The maximum atomic E-state index is 9.60. The summed E-state index contributed by atoms with van der Waals surface area (Å²) in [7, 11) is 0. The summed E-state index contributed by atoms with van der Waals surface area (Å²) in [6.07, 6.45) is -0.00225. The van der Waals surface area contributed by atoms with Crippen molar-refractivity contribution in [1.29, 1.82) is 0 Å². The topological polar surface area (TPSA) is 52.9 Å². The van der Waals surface area contributed by atoms with Gasteiger partial charge in [-0.25, -0.2) is 0 Å². The highest BCUT2D eigenvalue weighted by Gasteiger charge is 2.22. The van der Waals surface area contributed by atoms with Crippen LogP contribution in [0.5, 0.6) is 5.75 Å². The monoisotopic (exact) mass is 299 g/mol. The first-order valence-corrected chi connectivity index (χ1v) is 7.56. The lowest BCUT2D eigenvalue weighted by molar-refractivity contribution is -0.0330. The Balaban J connectivity index is 1.65. The summed E-state index contributed by atoms with van der Waals surface area (Å²) in [6, 6.07) is 15.3. The number of aliphatic hydroxyl groups is 1. The first-order chi connectivity index (χ1) is 10.7. The van der Waals surface area contributed by atoms with Crippen molar-refractivity contribution in [1.82, 2.24) is 4.90 Å². The van der Waals surface area contributed by atoms with E-state index in [-0.39, 0.29) is 18.5 Å². The summed E-state index contributed by atoms with van der Waals surface area (Å²) in [5.41, 5.74) is 3.18. The molecule has 0 saturated carbocycles. The summed E-state index contributed by atoms with van der Waals surface area (Å²) >= 11 is 0. The number of rotatable bonds is 4. The molecule has 1 atom stereocenters. The van der Waals surface area contributed by atoms with Gasteiger partial charge >= 0.3 is 0 Å². The van der Waals surface area contributed by atoms with Gasteiger partial charge in [0.15, 0.2) is 0 Å². The van der Waals surface area contributed by atoms with Gasteiger partial charge in [-0.1, -0.05) is 36.4 Å². The van der Waals surface area contributed by atoms with Gasteiger partial charge in [-0.05, 0) is 28.8 Å². The van der Waals surface area contributed by atoms with Gasteiger partial charge in [0, 0.05) is 19.6 Å². The molecule has 0 spiro atoms. The predicted octanol–water partition coefficient (Wildman–Crippen LogP) is 2.46. The molecule has 0 aliphatic carbocycles. The summed E-state index contributed by atoms with van der Waals surface area (Å²) in [6.45, 7) is 3.35. The summed E-state index contributed by atoms with van der Waals surface area (Å²) in [5, 5.41) is 18.7. The van der Waals surface area contributed by atoms with Crippen LogP contribution < -0.4 is 0 Å². The van der Waals surface area contributed by atoms with Crippen LogP contribution in [-0.4, -0.2) is 34.8 Å². The Kier molecular flexibility index (Phi) is 4.73. The molecule has 0 radical (unpaired) electrons. The number of ether oxygens (including phenoxy) is 1. The molecule has 2 N–H and O–H groups in total. The van der Waals surface area contributed by atoms with E-state index in [1.165, 1.54) is 5.56 Å². The maximum absolute atomic E-state index is 9.60. The van der Waals surface area contributed by atoms with Gasteiger partial charge in [-0.2, -0.15) is 0 Å². The number of hydrogen-bond acceptors (Lipinski definition) is 4. The van der Waals surface area contributed by atoms with Gasteiger partial charge in [0.1, 0.15) is 5.75 Å². The summed E-state index contributed by atoms with van der Waals surface area (Å²) in [4.78, 5) is 2.35. The van der Waals surface area contributed by atoms with E-state index in [0.29, 0.717) is 6.61 Å². The zero-order valence-electron chi connectivity index (χ0n) is 12.5. The van der Waals surface area contributed by atoms with Crippen molar-refractivity contribution >= 4 is 0 Å². The molecular formula is C18H21NO3. The fraction of sp³-hybridized carbons (Fsp3) is 0.333. The number of morpholine rings is 1. The van der Waals surface area contributed by atoms with Gasteiger partial charge in [-0.15, -0.1) is 0 Å². The Morgan fingerprint density at radius 1 is 1.09 bits per heavy atom. The zero-order valence-corrected chi connectivity index (χ0v) is 12.5. The van der Waals surface area contributed by atoms with Crippen LogP contribution in [0.1, 0.15) is 22.8 Å². The van der Waals surface area contributed by atoms with Crippen LogP contribution in [0.3, 0.4) is 0 Å². The van der Waals surface area contributed by atoms with Crippen molar-refractivity contribution in [3.05, 3.63) is 65.2 Å². The molecule has 0 aromatic heterocycles. The first-order valence-electron chi connectivity index (χ1n) is 7.56. The Morgan fingerprint density at radius 2 is 1.86 bits per heavy atom. The van der Waals surface area contributed by atoms with E-state index in [1.807, 2.05) is 24.3 Å². The molecule has 4 heteroatoms. The average molecular weight is 299 g/mol. The molecule has 1 aliphatic heterocycles. The van der Waals surface area contributed by atoms with Crippen LogP contribution in [0.15, 0.2) is 48.5 Å². The van der Waals surface area contributed by atoms with E-state index in [9.17, 15) is 5.11 Å². The van der Waals surface area contributed by atoms with Crippen LogP contribution in [-0.2, 0) is 17.9 Å². The standard InChI is InChI=1S/C18H21NO3/c20-13-15-6-4-14(5-7-15)11-19-8-9-22-18(12-19)16-2-1-3-17(21)10-16/h1-7,10,18,20-21H,8-9,11-13H2. The molecule has 1 saturated heterocycles. The second-order valence-electron chi connectivity index (χ2n) is 5.66. The number of benzene rings is 2. The third-order valence-electron chi connectivity index (χ3n) is 4.00. The molecule has 4 nitrogen and oxygen atoms in total. The smallest absolute Gasteiger partial charge is 0.115 e. The van der Waals surface area contributed by atoms with E-state index >= 15 is 0 Å². The van der Waals surface area contributed by atoms with E-state index in [4.69, 9.17) is 9.84 Å². The molecular weight excluding hydrogens is 278 g/mol. The van der Waals surface area contributed by atoms with Gasteiger partial charge in [0.05, 0.1) is 19.3 Å². The van der Waals surface area contributed by atoms with E-state index in [0.717, 1.165) is 30.8 Å². The molecule has 0 bridgehead atoms. The van der Waals surface area contributed by atoms with E-state index in [2.05, 4.69) is 17.0 Å². The fourth-order valence-corrected chi connectivity index (χ4v) is 2.78. The first kappa shape index (κ1) is 15.0. The summed E-state index contributed by atoms with van der Waals surface area (Å²) in [5.74, 6) is 0.276. The van der Waals surface area contributed by atoms with Crippen LogP contribution in [0, 0.1) is 0 Å². The van der Waals surface area contributed by atoms with Crippen molar-refractivity contribution < 1.29 is 14.9 Å². The minimum atomic E-state index is -0.00225. The third kappa shape index (κ3) is 3.65. The molecule has 2 aromatic carbocycles. The number of phenols is 1. The minimum absolute atomic E-state index is 0.00225. The molecule has 1 aliphatic rings. The van der Waals surface area contributed by atoms with E-state index < -0.39 is 0 Å². The Bertz CT molecular complexity index is 612. The second kappa shape index (κ2) is 6.92. The van der Waals surface area contributed by atoms with Crippen molar-refractivity contribution in [2.45, 2.75) is 19.3 Å². The van der Waals surface area contributed by atoms with Crippen LogP contribution >= 0.6 is 0 Å². The van der Waals surface area contributed by atoms with Gasteiger partial charge < -0.3 is 14.9 Å². The molecule has 2 aromatic rings. The quantitative estimate of drug-likeness (QED) is 0.910. The zero-order chi connectivity index (χ0) is 15.4. The van der Waals surface area contributed by atoms with Gasteiger partial charge in [-0.3, -0.25) is 4.90 Å². The molecule has 0 amide bonds. The van der Waals surface area contributed by atoms with Crippen LogP contribution in [0.2, 0.25) is 0 Å². The van der Waals surface area contributed by atoms with Crippen LogP contribution in [0.25, 0.3) is 0 Å². The van der Waals surface area contributed by atoms with Crippen molar-refractivity contribution in [3.8, 4) is 5.75 Å². The van der Waals surface area contributed by atoms with Crippen LogP contribution in [0.4, 0.5) is 0 Å². The number of hydrogen-bond donors (Lipinski definition) is 2. The number of nitrogens with zero attached hydrogens (tertiary/aromatic N) is 1. The molecule has 1 unspecified atom stereocenters. The lowest BCUT2D eigenvalue weighted by Crippen LogP contribution is -2.37. The SMILES string of the molecule is OCc1ccc(CN2CCOC(c3cccc(O)c3)C2)cc1. The third-order valence-corrected chi connectivity index (χ3v) is 4.00. The van der Waals surface area contributed by atoms with Gasteiger partial charge in [0.25, 0.3) is 0 Å². The molecule has 1 heterocycles. The number of aromatic hydroxyl groups is 1. The highest BCUT2D eigenvalue weighted by Crippen LogP contribution is 2.25. The van der Waals surface area contributed by atoms with Gasteiger partial charge in [0.2, 0.25) is 0 Å². The normalized spacial score (nSPS) is 19.2. The Morgan fingerprint density at radius 3 is 2.59 bits per heavy atom. The number of aliphatic hydroxyl groups excluding tert-OH is 1. The highest BCUT2D eigenvalue weighted by molar-refractivity contribution is 5.29. The summed E-state index contributed by atoms with van der Waals surface area (Å²) < 4.78 is 5.84. The number of phenolic OH excluding ortho intramolecular Hbond substituents is 1. The predicted molar refractivity (Wildman–Crippen MR) is 84.4 cm³/mol. The second-order valence-corrected chi connectivity index (χ2v) is 5.66. The largest absolute Gasteiger partial charge is 0.508 e. The lowest BCUT2D eigenvalue weighted by Gasteiger charge is -2.33. The average Bonchev–Trinajstić information content (AvgIpc) is 2.56. The van der Waals surface area contributed by atoms with E-state index in [1.54, 1.807) is 12.1 Å². The van der Waals surface area contributed by atoms with Crippen molar-refractivity contribution in [3.63, 3.8) is 0 Å². The van der Waals surface area contributed by atoms with Crippen molar-refractivity contribution in [2.75, 3.05) is 19.7 Å².